The summed E-state index contributed by atoms with van der Waals surface area (Å²) in [4.78, 5) is 53.4. The van der Waals surface area contributed by atoms with Crippen LogP contribution in [0.2, 0.25) is 0 Å². The molecule has 1 aromatic heterocycles. The van der Waals surface area contributed by atoms with Gasteiger partial charge in [-0.1, -0.05) is 5.06 Å². The summed E-state index contributed by atoms with van der Waals surface area (Å²) in [6.45, 7) is 5.63. The predicted octanol–water partition coefficient (Wildman–Crippen LogP) is 2.22. The maximum Gasteiger partial charge on any atom is 0.539 e. The lowest BCUT2D eigenvalue weighted by Gasteiger charge is -2.20. The Labute approximate surface area is 154 Å². The Morgan fingerprint density at radius 3 is 2.41 bits per heavy atom. The SMILES string of the molecule is CCN(CC)c1ccc2cc(OC(=O)ON3C(=O)CCC3=O)c(=O)oc2c1. The second-order valence-electron chi connectivity index (χ2n) is 5.82. The van der Waals surface area contributed by atoms with Crippen molar-refractivity contribution >= 4 is 34.6 Å². The summed E-state index contributed by atoms with van der Waals surface area (Å²) >= 11 is 0. The number of carbonyl (C=O) groups excluding carboxylic acids is 3. The molecular weight excluding hydrogens is 356 g/mol. The van der Waals surface area contributed by atoms with E-state index < -0.39 is 29.3 Å². The minimum absolute atomic E-state index is 0.0426. The van der Waals surface area contributed by atoms with Gasteiger partial charge in [-0.05, 0) is 32.0 Å². The number of ether oxygens (including phenoxy) is 1. The van der Waals surface area contributed by atoms with E-state index in [4.69, 9.17) is 9.15 Å². The second kappa shape index (κ2) is 7.48. The van der Waals surface area contributed by atoms with Gasteiger partial charge in [0.15, 0.2) is 0 Å². The van der Waals surface area contributed by atoms with Crippen molar-refractivity contribution in [2.24, 2.45) is 0 Å². The number of hydrogen-bond acceptors (Lipinski definition) is 8. The number of hydrogen-bond donors (Lipinski definition) is 0. The lowest BCUT2D eigenvalue weighted by molar-refractivity contribution is -0.174. The maximum atomic E-state index is 12.1. The number of nitrogens with zero attached hydrogens (tertiary/aromatic N) is 2. The molecule has 1 fully saturated rings. The summed E-state index contributed by atoms with van der Waals surface area (Å²) in [7, 11) is 0. The summed E-state index contributed by atoms with van der Waals surface area (Å²) in [5, 5.41) is 0.878. The number of amides is 2. The van der Waals surface area contributed by atoms with Crippen LogP contribution in [0.5, 0.6) is 5.75 Å². The van der Waals surface area contributed by atoms with Crippen molar-refractivity contribution in [3.05, 3.63) is 34.7 Å². The predicted molar refractivity (Wildman–Crippen MR) is 94.2 cm³/mol. The molecule has 1 aliphatic rings. The van der Waals surface area contributed by atoms with Crippen LogP contribution < -0.4 is 15.3 Å². The first-order chi connectivity index (χ1) is 12.9. The summed E-state index contributed by atoms with van der Waals surface area (Å²) in [5.74, 6) is -1.69. The minimum atomic E-state index is -1.37. The van der Waals surface area contributed by atoms with Crippen LogP contribution in [0.3, 0.4) is 0 Å². The molecule has 0 atom stereocenters. The topological polar surface area (TPSA) is 106 Å². The molecule has 0 aliphatic carbocycles. The molecule has 0 N–H and O–H groups in total. The fourth-order valence-electron chi connectivity index (χ4n) is 2.78. The molecule has 9 heteroatoms. The Balaban J connectivity index is 1.81. The number of carbonyl (C=O) groups is 3. The monoisotopic (exact) mass is 374 g/mol. The van der Waals surface area contributed by atoms with Gasteiger partial charge in [-0.2, -0.15) is 0 Å². The summed E-state index contributed by atoms with van der Waals surface area (Å²) in [5.41, 5.74) is 0.361. The van der Waals surface area contributed by atoms with Crippen molar-refractivity contribution < 1.29 is 28.4 Å². The standard InChI is InChI=1S/C18H18N2O7/c1-3-19(4-2)12-6-5-11-9-14(17(23)25-13(11)10-12)26-18(24)27-20-15(21)7-8-16(20)22/h5-6,9-10H,3-4,7-8H2,1-2H3. The Hall–Kier alpha value is -3.36. The van der Waals surface area contributed by atoms with Gasteiger partial charge in [0, 0.05) is 43.1 Å². The van der Waals surface area contributed by atoms with Gasteiger partial charge in [0.25, 0.3) is 11.8 Å². The van der Waals surface area contributed by atoms with Crippen molar-refractivity contribution in [2.45, 2.75) is 26.7 Å². The van der Waals surface area contributed by atoms with Gasteiger partial charge in [-0.15, -0.1) is 0 Å². The van der Waals surface area contributed by atoms with E-state index in [9.17, 15) is 19.2 Å². The van der Waals surface area contributed by atoms with Gasteiger partial charge < -0.3 is 14.1 Å². The Morgan fingerprint density at radius 1 is 1.11 bits per heavy atom. The van der Waals surface area contributed by atoms with Crippen LogP contribution in [0, 0.1) is 0 Å². The molecule has 0 unspecified atom stereocenters. The van der Waals surface area contributed by atoms with Crippen molar-refractivity contribution in [3.63, 3.8) is 0 Å². The number of benzene rings is 1. The zero-order valence-corrected chi connectivity index (χ0v) is 14.9. The first-order valence-corrected chi connectivity index (χ1v) is 8.51. The molecule has 0 spiro atoms. The highest BCUT2D eigenvalue weighted by molar-refractivity contribution is 6.01. The fraction of sp³-hybridized carbons (Fsp3) is 0.333. The molecular formula is C18H18N2O7. The molecule has 9 nitrogen and oxygen atoms in total. The van der Waals surface area contributed by atoms with E-state index in [1.165, 1.54) is 6.07 Å². The molecule has 2 heterocycles. The highest BCUT2D eigenvalue weighted by Crippen LogP contribution is 2.24. The fourth-order valence-corrected chi connectivity index (χ4v) is 2.78. The molecule has 0 saturated carbocycles. The van der Waals surface area contributed by atoms with Crippen LogP contribution >= 0.6 is 0 Å². The third-order valence-corrected chi connectivity index (χ3v) is 4.18. The van der Waals surface area contributed by atoms with Crippen LogP contribution in [0.1, 0.15) is 26.7 Å². The maximum absolute atomic E-state index is 12.1. The van der Waals surface area contributed by atoms with Gasteiger partial charge in [0.05, 0.1) is 0 Å². The zero-order chi connectivity index (χ0) is 19.6. The van der Waals surface area contributed by atoms with E-state index in [2.05, 4.69) is 9.74 Å². The quantitative estimate of drug-likeness (QED) is 0.445. The van der Waals surface area contributed by atoms with Gasteiger partial charge in [-0.3, -0.25) is 14.4 Å². The van der Waals surface area contributed by atoms with Crippen LogP contribution in [-0.2, 0) is 14.4 Å². The van der Waals surface area contributed by atoms with Gasteiger partial charge in [-0.25, -0.2) is 9.59 Å². The number of rotatable bonds is 5. The van der Waals surface area contributed by atoms with Crippen molar-refractivity contribution in [1.82, 2.24) is 5.06 Å². The molecule has 1 aromatic carbocycles. The molecule has 0 bridgehead atoms. The van der Waals surface area contributed by atoms with Crippen molar-refractivity contribution in [3.8, 4) is 5.75 Å². The van der Waals surface area contributed by atoms with Crippen LogP contribution in [0.25, 0.3) is 11.0 Å². The Kier molecular flexibility index (Phi) is 5.11. The van der Waals surface area contributed by atoms with Crippen molar-refractivity contribution in [2.75, 3.05) is 18.0 Å². The highest BCUT2D eigenvalue weighted by atomic mass is 16.8. The Morgan fingerprint density at radius 2 is 1.78 bits per heavy atom. The smallest absolute Gasteiger partial charge is 0.420 e. The van der Waals surface area contributed by atoms with Crippen LogP contribution in [0.15, 0.2) is 33.5 Å². The molecule has 1 aliphatic heterocycles. The first-order valence-electron chi connectivity index (χ1n) is 8.51. The van der Waals surface area contributed by atoms with E-state index in [1.54, 1.807) is 12.1 Å². The third-order valence-electron chi connectivity index (χ3n) is 4.18. The molecule has 0 radical (unpaired) electrons. The minimum Gasteiger partial charge on any atom is -0.420 e. The van der Waals surface area contributed by atoms with Gasteiger partial charge >= 0.3 is 11.8 Å². The zero-order valence-electron chi connectivity index (χ0n) is 14.9. The van der Waals surface area contributed by atoms with E-state index in [0.29, 0.717) is 16.0 Å². The first kappa shape index (κ1) is 18.4. The molecule has 142 valence electrons. The lowest BCUT2D eigenvalue weighted by Crippen LogP contribution is -2.33. The average molecular weight is 374 g/mol. The molecule has 2 aromatic rings. The summed E-state index contributed by atoms with van der Waals surface area (Å²) < 4.78 is 10.0. The number of fused-ring (bicyclic) bond motifs is 1. The van der Waals surface area contributed by atoms with E-state index in [-0.39, 0.29) is 12.8 Å². The van der Waals surface area contributed by atoms with E-state index in [0.717, 1.165) is 18.8 Å². The molecule has 1 saturated heterocycles. The van der Waals surface area contributed by atoms with Crippen LogP contribution in [0.4, 0.5) is 10.5 Å². The average Bonchev–Trinajstić information content (AvgIpc) is 2.95. The Bertz CT molecular complexity index is 946. The normalized spacial score (nSPS) is 13.9. The van der Waals surface area contributed by atoms with Crippen LogP contribution in [-0.4, -0.2) is 36.1 Å². The largest absolute Gasteiger partial charge is 0.539 e. The number of anilines is 1. The molecule has 27 heavy (non-hydrogen) atoms. The lowest BCUT2D eigenvalue weighted by atomic mass is 10.2. The van der Waals surface area contributed by atoms with Gasteiger partial charge in [0.2, 0.25) is 5.75 Å². The highest BCUT2D eigenvalue weighted by Gasteiger charge is 2.33. The number of imide groups is 1. The van der Waals surface area contributed by atoms with E-state index in [1.807, 2.05) is 19.9 Å². The summed E-state index contributed by atoms with van der Waals surface area (Å²) in [6.07, 6.45) is -1.46. The third kappa shape index (κ3) is 3.76. The summed E-state index contributed by atoms with van der Waals surface area (Å²) in [6, 6.07) is 6.66. The van der Waals surface area contributed by atoms with Gasteiger partial charge in [0.1, 0.15) is 5.58 Å². The van der Waals surface area contributed by atoms with Crippen molar-refractivity contribution in [1.29, 1.82) is 0 Å². The molecule has 3 rings (SSSR count). The molecule has 2 amide bonds. The number of hydroxylamine groups is 2. The second-order valence-corrected chi connectivity index (χ2v) is 5.82. The van der Waals surface area contributed by atoms with E-state index >= 15 is 0 Å².